The van der Waals surface area contributed by atoms with Crippen molar-refractivity contribution in [2.75, 3.05) is 14.1 Å². The third-order valence-corrected chi connectivity index (χ3v) is 5.65. The number of rotatable bonds is 8. The van der Waals surface area contributed by atoms with Crippen LogP contribution < -0.4 is 4.18 Å². The summed E-state index contributed by atoms with van der Waals surface area (Å²) in [5.41, 5.74) is 1.24. The Morgan fingerprint density at radius 1 is 1.20 bits per heavy atom. The summed E-state index contributed by atoms with van der Waals surface area (Å²) in [5.74, 6) is -0.243. The highest BCUT2D eigenvalue weighted by Gasteiger charge is 2.31. The van der Waals surface area contributed by atoms with Crippen molar-refractivity contribution in [3.8, 4) is 5.75 Å². The topological polar surface area (TPSA) is 77.3 Å². The third-order valence-electron chi connectivity index (χ3n) is 4.33. The van der Waals surface area contributed by atoms with Gasteiger partial charge in [-0.15, -0.1) is 0 Å². The number of pyridine rings is 1. The maximum atomic E-state index is 13.6. The fourth-order valence-corrected chi connectivity index (χ4v) is 4.48. The first-order valence-corrected chi connectivity index (χ1v) is 10.9. The molecule has 9 heteroatoms. The molecule has 0 radical (unpaired) electrons. The molecule has 0 aliphatic carbocycles. The fourth-order valence-electron chi connectivity index (χ4n) is 3.07. The van der Waals surface area contributed by atoms with Gasteiger partial charge in [0.15, 0.2) is 5.03 Å². The maximum absolute atomic E-state index is 13.6. The van der Waals surface area contributed by atoms with E-state index in [4.69, 9.17) is 4.18 Å². The molecule has 1 aromatic carbocycles. The molecule has 0 unspecified atom stereocenters. The van der Waals surface area contributed by atoms with E-state index in [1.54, 1.807) is 23.0 Å². The molecule has 0 saturated carbocycles. The monoisotopic (exact) mass is 432 g/mol. The molecule has 0 aliphatic rings. The molecule has 0 atom stereocenters. The second-order valence-corrected chi connectivity index (χ2v) is 9.01. The van der Waals surface area contributed by atoms with Gasteiger partial charge in [-0.1, -0.05) is 26.0 Å². The SMILES string of the molecule is CC(C)c1nc(CN(C)C)n(Cc2cccnc2)c1S(=O)(=O)Oc1cccc(F)c1. The highest BCUT2D eigenvalue weighted by atomic mass is 32.2. The van der Waals surface area contributed by atoms with Crippen LogP contribution in [-0.4, -0.2) is 41.9 Å². The van der Waals surface area contributed by atoms with Crippen LogP contribution in [-0.2, 0) is 23.2 Å². The molecule has 0 saturated heterocycles. The molecule has 0 bridgehead atoms. The van der Waals surface area contributed by atoms with Gasteiger partial charge in [-0.3, -0.25) is 4.98 Å². The van der Waals surface area contributed by atoms with Crippen LogP contribution in [0.1, 0.15) is 36.8 Å². The molecule has 0 aliphatic heterocycles. The first-order chi connectivity index (χ1) is 14.2. The van der Waals surface area contributed by atoms with Gasteiger partial charge in [0.05, 0.1) is 18.8 Å². The van der Waals surface area contributed by atoms with E-state index >= 15 is 0 Å². The lowest BCUT2D eigenvalue weighted by molar-refractivity contribution is 0.378. The van der Waals surface area contributed by atoms with Crippen LogP contribution in [0, 0.1) is 5.82 Å². The van der Waals surface area contributed by atoms with Crippen LogP contribution in [0.3, 0.4) is 0 Å². The Hall–Kier alpha value is -2.78. The van der Waals surface area contributed by atoms with Crippen LogP contribution in [0.2, 0.25) is 0 Å². The summed E-state index contributed by atoms with van der Waals surface area (Å²) >= 11 is 0. The predicted molar refractivity (Wildman–Crippen MR) is 111 cm³/mol. The molecular formula is C21H25FN4O3S. The first kappa shape index (κ1) is 21.9. The lowest BCUT2D eigenvalue weighted by Crippen LogP contribution is -2.21. The number of aromatic nitrogens is 3. The van der Waals surface area contributed by atoms with E-state index in [9.17, 15) is 12.8 Å². The fraction of sp³-hybridized carbons (Fsp3) is 0.333. The normalized spacial score (nSPS) is 12.0. The summed E-state index contributed by atoms with van der Waals surface area (Å²) < 4.78 is 47.1. The summed E-state index contributed by atoms with van der Waals surface area (Å²) in [6.07, 6.45) is 3.33. The van der Waals surface area contributed by atoms with E-state index in [1.807, 2.05) is 38.9 Å². The standard InChI is InChI=1S/C21H25FN4O3S/c1-15(2)20-21(30(27,28)29-18-9-5-8-17(22)11-18)26(19(24-20)14-25(3)4)13-16-7-6-10-23-12-16/h5-12,15H,13-14H2,1-4H3. The van der Waals surface area contributed by atoms with E-state index in [0.717, 1.165) is 11.6 Å². The zero-order valence-electron chi connectivity index (χ0n) is 17.4. The lowest BCUT2D eigenvalue weighted by Gasteiger charge is -2.16. The van der Waals surface area contributed by atoms with Gasteiger partial charge in [0, 0.05) is 18.5 Å². The van der Waals surface area contributed by atoms with Gasteiger partial charge in [0.1, 0.15) is 17.4 Å². The summed E-state index contributed by atoms with van der Waals surface area (Å²) in [4.78, 5) is 10.7. The van der Waals surface area contributed by atoms with Crippen LogP contribution in [0.5, 0.6) is 5.75 Å². The van der Waals surface area contributed by atoms with Crippen LogP contribution in [0.4, 0.5) is 4.39 Å². The van der Waals surface area contributed by atoms with Gasteiger partial charge in [-0.2, -0.15) is 8.42 Å². The minimum Gasteiger partial charge on any atom is -0.378 e. The van der Waals surface area contributed by atoms with Gasteiger partial charge < -0.3 is 13.7 Å². The van der Waals surface area contributed by atoms with Crippen LogP contribution >= 0.6 is 0 Å². The molecule has 2 heterocycles. The van der Waals surface area contributed by atoms with E-state index < -0.39 is 15.9 Å². The van der Waals surface area contributed by atoms with Crippen molar-refractivity contribution in [1.29, 1.82) is 0 Å². The molecule has 7 nitrogen and oxygen atoms in total. The molecule has 30 heavy (non-hydrogen) atoms. The Labute approximate surface area is 176 Å². The molecule has 0 N–H and O–H groups in total. The molecular weight excluding hydrogens is 407 g/mol. The number of hydrogen-bond donors (Lipinski definition) is 0. The summed E-state index contributed by atoms with van der Waals surface area (Å²) in [6, 6.07) is 8.71. The molecule has 0 amide bonds. The minimum absolute atomic E-state index is 0.0255. The average Bonchev–Trinajstić information content (AvgIpc) is 3.01. The van der Waals surface area contributed by atoms with Crippen LogP contribution in [0.15, 0.2) is 53.8 Å². The quantitative estimate of drug-likeness (QED) is 0.508. The first-order valence-electron chi connectivity index (χ1n) is 9.50. The smallest absolute Gasteiger partial charge is 0.357 e. The maximum Gasteiger partial charge on any atom is 0.357 e. The van der Waals surface area contributed by atoms with E-state index in [0.29, 0.717) is 18.1 Å². The number of halogens is 1. The lowest BCUT2D eigenvalue weighted by atomic mass is 10.1. The Morgan fingerprint density at radius 2 is 1.97 bits per heavy atom. The molecule has 2 aromatic heterocycles. The van der Waals surface area contributed by atoms with Gasteiger partial charge in [0.25, 0.3) is 0 Å². The van der Waals surface area contributed by atoms with Crippen molar-refractivity contribution in [2.45, 2.75) is 37.9 Å². The van der Waals surface area contributed by atoms with E-state index in [1.165, 1.54) is 18.2 Å². The number of imidazole rings is 1. The summed E-state index contributed by atoms with van der Waals surface area (Å²) in [6.45, 7) is 4.45. The zero-order valence-corrected chi connectivity index (χ0v) is 18.2. The van der Waals surface area contributed by atoms with Crippen molar-refractivity contribution >= 4 is 10.1 Å². The predicted octanol–water partition coefficient (Wildman–Crippen LogP) is 3.42. The van der Waals surface area contributed by atoms with Gasteiger partial charge in [-0.25, -0.2) is 9.37 Å². The molecule has 0 spiro atoms. The second-order valence-electron chi connectivity index (χ2n) is 7.55. The molecule has 160 valence electrons. The number of benzene rings is 1. The van der Waals surface area contributed by atoms with E-state index in [2.05, 4.69) is 9.97 Å². The average molecular weight is 433 g/mol. The molecule has 3 aromatic rings. The Balaban J connectivity index is 2.15. The number of hydrogen-bond acceptors (Lipinski definition) is 6. The van der Waals surface area contributed by atoms with Crippen molar-refractivity contribution in [1.82, 2.24) is 19.4 Å². The minimum atomic E-state index is -4.28. The van der Waals surface area contributed by atoms with Crippen molar-refractivity contribution in [2.24, 2.45) is 0 Å². The van der Waals surface area contributed by atoms with E-state index in [-0.39, 0.29) is 23.2 Å². The Kier molecular flexibility index (Phi) is 6.52. The molecule has 0 fully saturated rings. The van der Waals surface area contributed by atoms with Crippen LogP contribution in [0.25, 0.3) is 0 Å². The summed E-state index contributed by atoms with van der Waals surface area (Å²) in [5, 5.41) is -0.0255. The highest BCUT2D eigenvalue weighted by Crippen LogP contribution is 2.29. The Bertz CT molecular complexity index is 1110. The van der Waals surface area contributed by atoms with Crippen molar-refractivity contribution in [3.63, 3.8) is 0 Å². The second kappa shape index (κ2) is 8.93. The zero-order chi connectivity index (χ0) is 21.9. The highest BCUT2D eigenvalue weighted by molar-refractivity contribution is 7.87. The Morgan fingerprint density at radius 3 is 2.57 bits per heavy atom. The largest absolute Gasteiger partial charge is 0.378 e. The number of nitrogens with zero attached hydrogens (tertiary/aromatic N) is 4. The van der Waals surface area contributed by atoms with Gasteiger partial charge in [-0.05, 0) is 43.8 Å². The van der Waals surface area contributed by atoms with Gasteiger partial charge >= 0.3 is 10.1 Å². The summed E-state index contributed by atoms with van der Waals surface area (Å²) in [7, 11) is -0.508. The molecule has 3 rings (SSSR count). The van der Waals surface area contributed by atoms with Crippen molar-refractivity contribution in [3.05, 3.63) is 71.7 Å². The van der Waals surface area contributed by atoms with Crippen molar-refractivity contribution < 1.29 is 17.0 Å². The van der Waals surface area contributed by atoms with Gasteiger partial charge in [0.2, 0.25) is 0 Å². The third kappa shape index (κ3) is 5.03.